The monoisotopic (exact) mass is 260 g/mol. The van der Waals surface area contributed by atoms with Crippen LogP contribution in [0.15, 0.2) is 24.3 Å². The van der Waals surface area contributed by atoms with Crippen LogP contribution in [0.5, 0.6) is 0 Å². The van der Waals surface area contributed by atoms with E-state index >= 15 is 0 Å². The number of benzene rings is 1. The van der Waals surface area contributed by atoms with Crippen LogP contribution in [0.3, 0.4) is 0 Å². The van der Waals surface area contributed by atoms with Gasteiger partial charge in [0.15, 0.2) is 0 Å². The summed E-state index contributed by atoms with van der Waals surface area (Å²) in [6, 6.07) is 8.86. The fraction of sp³-hybridized carbons (Fsp3) is 0.562. The lowest BCUT2D eigenvalue weighted by molar-refractivity contribution is 0.191. The van der Waals surface area contributed by atoms with E-state index in [9.17, 15) is 4.79 Å². The van der Waals surface area contributed by atoms with E-state index in [1.54, 1.807) is 0 Å². The molecule has 3 nitrogen and oxygen atoms in total. The van der Waals surface area contributed by atoms with E-state index in [1.807, 2.05) is 4.90 Å². The summed E-state index contributed by atoms with van der Waals surface area (Å²) in [6.07, 6.45) is 2.16. The molecule has 19 heavy (non-hydrogen) atoms. The van der Waals surface area contributed by atoms with Crippen molar-refractivity contribution < 1.29 is 4.79 Å². The lowest BCUT2D eigenvalue weighted by Crippen LogP contribution is -2.40. The molecular formula is C16H24N2O. The summed E-state index contributed by atoms with van der Waals surface area (Å²) < 4.78 is 0. The van der Waals surface area contributed by atoms with Crippen molar-refractivity contribution in [1.29, 1.82) is 0 Å². The molecule has 1 unspecified atom stereocenters. The number of nitrogens with one attached hydrogen (secondary N) is 1. The summed E-state index contributed by atoms with van der Waals surface area (Å²) in [5.74, 6) is 0.490. The highest BCUT2D eigenvalue weighted by Gasteiger charge is 2.29. The van der Waals surface area contributed by atoms with Crippen molar-refractivity contribution in [3.8, 4) is 0 Å². The molecule has 1 aliphatic rings. The normalized spacial score (nSPS) is 18.9. The van der Waals surface area contributed by atoms with Gasteiger partial charge in [0.2, 0.25) is 0 Å². The van der Waals surface area contributed by atoms with Crippen molar-refractivity contribution >= 4 is 6.03 Å². The zero-order valence-corrected chi connectivity index (χ0v) is 12.1. The van der Waals surface area contributed by atoms with E-state index in [0.29, 0.717) is 5.92 Å². The maximum Gasteiger partial charge on any atom is 0.317 e. The van der Waals surface area contributed by atoms with Gasteiger partial charge in [0.05, 0.1) is 6.04 Å². The number of likely N-dealkylation sites (tertiary alicyclic amines) is 1. The molecule has 1 fully saturated rings. The molecule has 0 aliphatic carbocycles. The summed E-state index contributed by atoms with van der Waals surface area (Å²) in [6.45, 7) is 7.92. The zero-order valence-electron chi connectivity index (χ0n) is 12.1. The number of hydrogen-bond acceptors (Lipinski definition) is 1. The van der Waals surface area contributed by atoms with Gasteiger partial charge in [-0.25, -0.2) is 4.79 Å². The van der Waals surface area contributed by atoms with Gasteiger partial charge in [-0.3, -0.25) is 0 Å². The van der Waals surface area contributed by atoms with Crippen molar-refractivity contribution in [2.45, 2.75) is 39.7 Å². The molecule has 1 N–H and O–H groups in total. The first kappa shape index (κ1) is 13.9. The predicted octanol–water partition coefficient (Wildman–Crippen LogP) is 3.50. The van der Waals surface area contributed by atoms with Gasteiger partial charge in [-0.1, -0.05) is 43.7 Å². The highest BCUT2D eigenvalue weighted by Crippen LogP contribution is 2.31. The van der Waals surface area contributed by atoms with Crippen LogP contribution in [0, 0.1) is 12.8 Å². The molecule has 0 saturated carbocycles. The molecule has 3 heteroatoms. The summed E-state index contributed by atoms with van der Waals surface area (Å²) in [7, 11) is 0. The molecule has 0 spiro atoms. The number of nitrogens with zero attached hydrogens (tertiary/aromatic N) is 1. The van der Waals surface area contributed by atoms with Gasteiger partial charge in [0.1, 0.15) is 0 Å². The second-order valence-electron chi connectivity index (χ2n) is 5.84. The van der Waals surface area contributed by atoms with Gasteiger partial charge in [0, 0.05) is 13.1 Å². The molecule has 0 aromatic heterocycles. The Morgan fingerprint density at radius 2 is 2.05 bits per heavy atom. The first-order chi connectivity index (χ1) is 9.08. The molecule has 0 bridgehead atoms. The molecule has 2 amide bonds. The average molecular weight is 260 g/mol. The molecule has 1 saturated heterocycles. The van der Waals surface area contributed by atoms with E-state index < -0.39 is 0 Å². The van der Waals surface area contributed by atoms with Gasteiger partial charge in [-0.2, -0.15) is 0 Å². The third-order valence-corrected chi connectivity index (χ3v) is 3.64. The third kappa shape index (κ3) is 3.49. The molecule has 2 rings (SSSR count). The SMILES string of the molecule is Cc1ccc(C2CCCN2C(=O)NCC(C)C)cc1. The standard InChI is InChI=1S/C16H24N2O/c1-12(2)11-17-16(19)18-10-4-5-15(18)14-8-6-13(3)7-9-14/h6-9,12,15H,4-5,10-11H2,1-3H3,(H,17,19). The Balaban J connectivity index is 2.04. The average Bonchev–Trinajstić information content (AvgIpc) is 2.86. The van der Waals surface area contributed by atoms with Crippen LogP contribution in [0.25, 0.3) is 0 Å². The predicted molar refractivity (Wildman–Crippen MR) is 78.1 cm³/mol. The van der Waals surface area contributed by atoms with Crippen molar-refractivity contribution in [2.75, 3.05) is 13.1 Å². The van der Waals surface area contributed by atoms with Gasteiger partial charge in [-0.05, 0) is 31.2 Å². The van der Waals surface area contributed by atoms with Crippen LogP contribution < -0.4 is 5.32 Å². The van der Waals surface area contributed by atoms with E-state index in [0.717, 1.165) is 25.9 Å². The van der Waals surface area contributed by atoms with Gasteiger partial charge in [-0.15, -0.1) is 0 Å². The van der Waals surface area contributed by atoms with Crippen LogP contribution in [0.4, 0.5) is 4.79 Å². The van der Waals surface area contributed by atoms with Gasteiger partial charge < -0.3 is 10.2 Å². The second kappa shape index (κ2) is 6.09. The number of urea groups is 1. The first-order valence-corrected chi connectivity index (χ1v) is 7.19. The highest BCUT2D eigenvalue weighted by molar-refractivity contribution is 5.75. The van der Waals surface area contributed by atoms with E-state index in [4.69, 9.17) is 0 Å². The Hall–Kier alpha value is -1.51. The number of amides is 2. The maximum absolute atomic E-state index is 12.2. The van der Waals surface area contributed by atoms with Crippen molar-refractivity contribution in [1.82, 2.24) is 10.2 Å². The Kier molecular flexibility index (Phi) is 4.46. The number of rotatable bonds is 3. The minimum atomic E-state index is 0.0803. The Morgan fingerprint density at radius 1 is 1.37 bits per heavy atom. The lowest BCUT2D eigenvalue weighted by atomic mass is 10.0. The lowest BCUT2D eigenvalue weighted by Gasteiger charge is -2.26. The molecule has 1 heterocycles. The summed E-state index contributed by atoms with van der Waals surface area (Å²) >= 11 is 0. The molecular weight excluding hydrogens is 236 g/mol. The fourth-order valence-corrected chi connectivity index (χ4v) is 2.54. The van der Waals surface area contributed by atoms with Crippen LogP contribution >= 0.6 is 0 Å². The van der Waals surface area contributed by atoms with Gasteiger partial charge >= 0.3 is 6.03 Å². The second-order valence-corrected chi connectivity index (χ2v) is 5.84. The first-order valence-electron chi connectivity index (χ1n) is 7.19. The van der Waals surface area contributed by atoms with Gasteiger partial charge in [0.25, 0.3) is 0 Å². The van der Waals surface area contributed by atoms with Crippen molar-refractivity contribution in [3.05, 3.63) is 35.4 Å². The highest BCUT2D eigenvalue weighted by atomic mass is 16.2. The zero-order chi connectivity index (χ0) is 13.8. The third-order valence-electron chi connectivity index (χ3n) is 3.64. The van der Waals surface area contributed by atoms with E-state index in [2.05, 4.69) is 50.4 Å². The summed E-state index contributed by atoms with van der Waals surface area (Å²) in [5, 5.41) is 3.02. The molecule has 1 aliphatic heterocycles. The molecule has 0 radical (unpaired) electrons. The Bertz CT molecular complexity index is 425. The quantitative estimate of drug-likeness (QED) is 0.886. The topological polar surface area (TPSA) is 32.3 Å². The van der Waals surface area contributed by atoms with E-state index in [1.165, 1.54) is 11.1 Å². The smallest absolute Gasteiger partial charge is 0.317 e. The van der Waals surface area contributed by atoms with Crippen molar-refractivity contribution in [3.63, 3.8) is 0 Å². The Labute approximate surface area is 116 Å². The van der Waals surface area contributed by atoms with Crippen LogP contribution in [-0.4, -0.2) is 24.0 Å². The molecule has 104 valence electrons. The minimum Gasteiger partial charge on any atom is -0.338 e. The van der Waals surface area contributed by atoms with Crippen LogP contribution in [-0.2, 0) is 0 Å². The van der Waals surface area contributed by atoms with E-state index in [-0.39, 0.29) is 12.1 Å². The molecule has 1 aromatic rings. The summed E-state index contributed by atoms with van der Waals surface area (Å²) in [4.78, 5) is 14.2. The molecule has 1 atom stereocenters. The number of carbonyl (C=O) groups excluding carboxylic acids is 1. The summed E-state index contributed by atoms with van der Waals surface area (Å²) in [5.41, 5.74) is 2.51. The Morgan fingerprint density at radius 3 is 2.68 bits per heavy atom. The fourth-order valence-electron chi connectivity index (χ4n) is 2.54. The minimum absolute atomic E-state index is 0.0803. The van der Waals surface area contributed by atoms with Crippen molar-refractivity contribution in [2.24, 2.45) is 5.92 Å². The van der Waals surface area contributed by atoms with Crippen LogP contribution in [0.2, 0.25) is 0 Å². The number of aryl methyl sites for hydroxylation is 1. The maximum atomic E-state index is 12.2. The van der Waals surface area contributed by atoms with Crippen LogP contribution in [0.1, 0.15) is 43.9 Å². The molecule has 1 aromatic carbocycles. The number of carbonyl (C=O) groups is 1. The number of hydrogen-bond donors (Lipinski definition) is 1. The largest absolute Gasteiger partial charge is 0.338 e.